The van der Waals surface area contributed by atoms with Gasteiger partial charge >= 0.3 is 5.97 Å². The van der Waals surface area contributed by atoms with Gasteiger partial charge in [0.25, 0.3) is 0 Å². The first-order valence-corrected chi connectivity index (χ1v) is 9.24. The quantitative estimate of drug-likeness (QED) is 0.503. The number of ether oxygens (including phenoxy) is 1. The standard InChI is InChI=1S/C22H25N3O3/c1-5-21(27)28-15(2)12-16-10-11-17(22(3,4)14-26)20(13-16)25-23-18-8-6-7-9-19(18)24-25/h5-11,13,15,26H,1,12,14H2,2-4H3. The van der Waals surface area contributed by atoms with Crippen molar-refractivity contribution in [3.63, 3.8) is 0 Å². The topological polar surface area (TPSA) is 77.2 Å². The second-order valence-electron chi connectivity index (χ2n) is 7.53. The first kappa shape index (κ1) is 19.8. The van der Waals surface area contributed by atoms with E-state index in [1.165, 1.54) is 0 Å². The minimum Gasteiger partial charge on any atom is -0.459 e. The molecule has 0 spiro atoms. The van der Waals surface area contributed by atoms with Crippen molar-refractivity contribution >= 4 is 17.0 Å². The van der Waals surface area contributed by atoms with Crippen LogP contribution >= 0.6 is 0 Å². The molecule has 1 unspecified atom stereocenters. The lowest BCUT2D eigenvalue weighted by Gasteiger charge is -2.25. The maximum absolute atomic E-state index is 11.4. The molecule has 2 aromatic carbocycles. The van der Waals surface area contributed by atoms with Crippen LogP contribution in [-0.2, 0) is 21.4 Å². The summed E-state index contributed by atoms with van der Waals surface area (Å²) in [6, 6.07) is 13.6. The third kappa shape index (κ3) is 4.12. The Hall–Kier alpha value is -2.99. The molecule has 6 heteroatoms. The van der Waals surface area contributed by atoms with Gasteiger partial charge in [0.05, 0.1) is 12.3 Å². The van der Waals surface area contributed by atoms with Crippen LogP contribution in [0, 0.1) is 0 Å². The van der Waals surface area contributed by atoms with E-state index in [1.54, 1.807) is 4.80 Å². The molecular weight excluding hydrogens is 354 g/mol. The fourth-order valence-electron chi connectivity index (χ4n) is 3.11. The number of nitrogens with zero attached hydrogens (tertiary/aromatic N) is 3. The summed E-state index contributed by atoms with van der Waals surface area (Å²) in [5.41, 5.74) is 3.86. The van der Waals surface area contributed by atoms with E-state index < -0.39 is 11.4 Å². The molecule has 0 aliphatic heterocycles. The lowest BCUT2D eigenvalue weighted by atomic mass is 9.83. The number of benzene rings is 2. The van der Waals surface area contributed by atoms with E-state index in [-0.39, 0.29) is 12.7 Å². The fourth-order valence-corrected chi connectivity index (χ4v) is 3.11. The molecule has 0 saturated carbocycles. The zero-order chi connectivity index (χ0) is 20.3. The molecule has 1 N–H and O–H groups in total. The molecule has 146 valence electrons. The molecule has 0 amide bonds. The number of fused-ring (bicyclic) bond motifs is 1. The van der Waals surface area contributed by atoms with E-state index in [1.807, 2.05) is 63.2 Å². The Bertz CT molecular complexity index is 974. The van der Waals surface area contributed by atoms with Crippen LogP contribution in [0.2, 0.25) is 0 Å². The van der Waals surface area contributed by atoms with Gasteiger partial charge < -0.3 is 9.84 Å². The second-order valence-corrected chi connectivity index (χ2v) is 7.53. The van der Waals surface area contributed by atoms with Crippen molar-refractivity contribution in [3.8, 4) is 5.69 Å². The van der Waals surface area contributed by atoms with Crippen LogP contribution in [0.5, 0.6) is 0 Å². The van der Waals surface area contributed by atoms with Crippen LogP contribution in [0.3, 0.4) is 0 Å². The minimum atomic E-state index is -0.464. The molecule has 3 aromatic rings. The summed E-state index contributed by atoms with van der Waals surface area (Å²) < 4.78 is 5.28. The van der Waals surface area contributed by atoms with Gasteiger partial charge in [-0.3, -0.25) is 0 Å². The number of hydrogen-bond donors (Lipinski definition) is 1. The first-order valence-electron chi connectivity index (χ1n) is 9.24. The molecule has 0 aliphatic carbocycles. The van der Waals surface area contributed by atoms with E-state index in [0.717, 1.165) is 33.9 Å². The fraction of sp³-hybridized carbons (Fsp3) is 0.318. The molecule has 1 heterocycles. The molecule has 0 bridgehead atoms. The number of aliphatic hydroxyl groups is 1. The highest BCUT2D eigenvalue weighted by Gasteiger charge is 2.25. The number of rotatable bonds is 7. The summed E-state index contributed by atoms with van der Waals surface area (Å²) in [6.07, 6.45) is 1.42. The molecule has 0 aliphatic rings. The number of aliphatic hydroxyl groups excluding tert-OH is 1. The van der Waals surface area contributed by atoms with Gasteiger partial charge in [-0.15, -0.1) is 10.2 Å². The molecule has 1 atom stereocenters. The minimum absolute atomic E-state index is 0.00646. The Labute approximate surface area is 164 Å². The number of esters is 1. The highest BCUT2D eigenvalue weighted by Crippen LogP contribution is 2.30. The van der Waals surface area contributed by atoms with E-state index in [9.17, 15) is 9.90 Å². The average molecular weight is 379 g/mol. The predicted molar refractivity (Wildman–Crippen MR) is 108 cm³/mol. The third-order valence-electron chi connectivity index (χ3n) is 4.70. The Balaban J connectivity index is 2.03. The van der Waals surface area contributed by atoms with Crippen molar-refractivity contribution < 1.29 is 14.6 Å². The van der Waals surface area contributed by atoms with Gasteiger partial charge in [0, 0.05) is 17.9 Å². The largest absolute Gasteiger partial charge is 0.459 e. The molecule has 0 fully saturated rings. The van der Waals surface area contributed by atoms with Crippen LogP contribution in [-0.4, -0.2) is 38.8 Å². The van der Waals surface area contributed by atoms with Gasteiger partial charge in [-0.05, 0) is 36.2 Å². The lowest BCUT2D eigenvalue weighted by molar-refractivity contribution is -0.142. The number of aromatic nitrogens is 3. The highest BCUT2D eigenvalue weighted by molar-refractivity contribution is 5.81. The molecule has 0 radical (unpaired) electrons. The Kier molecular flexibility index (Phi) is 5.61. The third-order valence-corrected chi connectivity index (χ3v) is 4.70. The van der Waals surface area contributed by atoms with Gasteiger partial charge in [0.1, 0.15) is 17.1 Å². The van der Waals surface area contributed by atoms with Crippen molar-refractivity contribution in [1.82, 2.24) is 15.0 Å². The predicted octanol–water partition coefficient (Wildman–Crippen LogP) is 3.35. The Morgan fingerprint density at radius 3 is 2.46 bits per heavy atom. The van der Waals surface area contributed by atoms with E-state index in [4.69, 9.17) is 4.74 Å². The zero-order valence-electron chi connectivity index (χ0n) is 16.4. The normalized spacial score (nSPS) is 12.7. The maximum Gasteiger partial charge on any atom is 0.330 e. The maximum atomic E-state index is 11.4. The lowest BCUT2D eigenvalue weighted by Crippen LogP contribution is -2.25. The summed E-state index contributed by atoms with van der Waals surface area (Å²) in [7, 11) is 0. The van der Waals surface area contributed by atoms with Gasteiger partial charge in [-0.1, -0.05) is 44.7 Å². The van der Waals surface area contributed by atoms with Crippen LogP contribution in [0.4, 0.5) is 0 Å². The van der Waals surface area contributed by atoms with Crippen molar-refractivity contribution in [3.05, 3.63) is 66.2 Å². The Morgan fingerprint density at radius 2 is 1.89 bits per heavy atom. The number of hydrogen-bond acceptors (Lipinski definition) is 5. The molecule has 3 rings (SSSR count). The SMILES string of the molecule is C=CC(=O)OC(C)Cc1ccc(C(C)(C)CO)c(-n2nc3ccccc3n2)c1. The highest BCUT2D eigenvalue weighted by atomic mass is 16.5. The van der Waals surface area contributed by atoms with E-state index in [2.05, 4.69) is 16.8 Å². The summed E-state index contributed by atoms with van der Waals surface area (Å²) in [5.74, 6) is -0.439. The van der Waals surface area contributed by atoms with Crippen molar-refractivity contribution in [2.24, 2.45) is 0 Å². The second kappa shape index (κ2) is 7.94. The van der Waals surface area contributed by atoms with Crippen molar-refractivity contribution in [1.29, 1.82) is 0 Å². The molecule has 28 heavy (non-hydrogen) atoms. The van der Waals surface area contributed by atoms with Crippen LogP contribution in [0.1, 0.15) is 31.9 Å². The summed E-state index contributed by atoms with van der Waals surface area (Å²) in [6.45, 7) is 9.21. The van der Waals surface area contributed by atoms with E-state index in [0.29, 0.717) is 6.42 Å². The smallest absolute Gasteiger partial charge is 0.330 e. The van der Waals surface area contributed by atoms with Crippen LogP contribution in [0.25, 0.3) is 16.7 Å². The summed E-state index contributed by atoms with van der Waals surface area (Å²) in [5, 5.41) is 19.1. The zero-order valence-corrected chi connectivity index (χ0v) is 16.4. The summed E-state index contributed by atoms with van der Waals surface area (Å²) >= 11 is 0. The van der Waals surface area contributed by atoms with E-state index >= 15 is 0 Å². The monoisotopic (exact) mass is 379 g/mol. The van der Waals surface area contributed by atoms with Crippen LogP contribution < -0.4 is 0 Å². The molecule has 1 aromatic heterocycles. The number of carbonyl (C=O) groups excluding carboxylic acids is 1. The molecule has 6 nitrogen and oxygen atoms in total. The van der Waals surface area contributed by atoms with Gasteiger partial charge in [0.2, 0.25) is 0 Å². The average Bonchev–Trinajstić information content (AvgIpc) is 3.11. The molecular formula is C22H25N3O3. The van der Waals surface area contributed by atoms with Crippen LogP contribution in [0.15, 0.2) is 55.1 Å². The first-order chi connectivity index (χ1) is 13.3. The Morgan fingerprint density at radius 1 is 1.25 bits per heavy atom. The van der Waals surface area contributed by atoms with Gasteiger partial charge in [-0.25, -0.2) is 4.79 Å². The summed E-state index contributed by atoms with van der Waals surface area (Å²) in [4.78, 5) is 13.0. The van der Waals surface area contributed by atoms with Crippen molar-refractivity contribution in [2.75, 3.05) is 6.61 Å². The van der Waals surface area contributed by atoms with Crippen molar-refractivity contribution in [2.45, 2.75) is 38.7 Å². The van der Waals surface area contributed by atoms with Gasteiger partial charge in [-0.2, -0.15) is 4.80 Å². The molecule has 0 saturated heterocycles. The number of carbonyl (C=O) groups is 1. The van der Waals surface area contributed by atoms with Gasteiger partial charge in [0.15, 0.2) is 0 Å².